The molecule has 1 aliphatic heterocycles. The minimum Gasteiger partial charge on any atom is -0.439 e. The van der Waals surface area contributed by atoms with Crippen molar-refractivity contribution in [3.63, 3.8) is 0 Å². The highest BCUT2D eigenvalue weighted by Gasteiger charge is 2.33. The number of rotatable bonds is 4. The van der Waals surface area contributed by atoms with E-state index in [1.807, 2.05) is 12.1 Å². The lowest BCUT2D eigenvalue weighted by Gasteiger charge is -2.13. The Kier molecular flexibility index (Phi) is 3.60. The summed E-state index contributed by atoms with van der Waals surface area (Å²) >= 11 is 0. The zero-order chi connectivity index (χ0) is 14.1. The summed E-state index contributed by atoms with van der Waals surface area (Å²) in [6.07, 6.45) is 0.194. The minimum atomic E-state index is 0.0972. The van der Waals surface area contributed by atoms with Crippen LogP contribution < -0.4 is 5.73 Å². The number of methoxy groups -OCH3 is 2. The highest BCUT2D eigenvalue weighted by atomic mass is 16.5. The van der Waals surface area contributed by atoms with Crippen molar-refractivity contribution in [3.8, 4) is 0 Å². The van der Waals surface area contributed by atoms with E-state index in [0.29, 0.717) is 18.1 Å². The van der Waals surface area contributed by atoms with Gasteiger partial charge in [0.25, 0.3) is 0 Å². The number of nitrogens with zero attached hydrogens (tertiary/aromatic N) is 2. The van der Waals surface area contributed by atoms with Crippen molar-refractivity contribution in [2.45, 2.75) is 18.8 Å². The predicted molar refractivity (Wildman–Crippen MR) is 75.3 cm³/mol. The first-order chi connectivity index (χ1) is 9.69. The van der Waals surface area contributed by atoms with Gasteiger partial charge >= 0.3 is 0 Å². The van der Waals surface area contributed by atoms with Gasteiger partial charge in [-0.1, -0.05) is 0 Å². The molecule has 0 spiro atoms. The number of benzene rings is 1. The largest absolute Gasteiger partial charge is 0.439 e. The van der Waals surface area contributed by atoms with Crippen LogP contribution in [-0.4, -0.2) is 49.4 Å². The molecule has 0 amide bonds. The topological polar surface area (TPSA) is 73.8 Å². The van der Waals surface area contributed by atoms with Crippen molar-refractivity contribution in [2.75, 3.05) is 33.0 Å². The van der Waals surface area contributed by atoms with E-state index >= 15 is 0 Å². The van der Waals surface area contributed by atoms with Crippen molar-refractivity contribution in [1.82, 2.24) is 9.88 Å². The van der Waals surface area contributed by atoms with Crippen LogP contribution in [0.3, 0.4) is 0 Å². The van der Waals surface area contributed by atoms with Crippen LogP contribution in [0.5, 0.6) is 0 Å². The SMILES string of the molecule is COC1CN(Cc2nc3ccc(N)cc3o2)CC1OC. The van der Waals surface area contributed by atoms with E-state index in [9.17, 15) is 0 Å². The molecule has 0 bridgehead atoms. The highest BCUT2D eigenvalue weighted by molar-refractivity contribution is 5.76. The average Bonchev–Trinajstić information content (AvgIpc) is 3.01. The quantitative estimate of drug-likeness (QED) is 0.848. The Hall–Kier alpha value is -1.63. The molecule has 1 aliphatic rings. The second-order valence-corrected chi connectivity index (χ2v) is 5.08. The molecule has 1 fully saturated rings. The van der Waals surface area contributed by atoms with Gasteiger partial charge in [0.1, 0.15) is 5.52 Å². The lowest BCUT2D eigenvalue weighted by Crippen LogP contribution is -2.27. The molecule has 6 nitrogen and oxygen atoms in total. The van der Waals surface area contributed by atoms with Gasteiger partial charge in [-0.2, -0.15) is 0 Å². The maximum absolute atomic E-state index is 5.74. The summed E-state index contributed by atoms with van der Waals surface area (Å²) in [6, 6.07) is 5.50. The Morgan fingerprint density at radius 2 is 2.00 bits per heavy atom. The molecule has 0 radical (unpaired) electrons. The summed E-state index contributed by atoms with van der Waals surface area (Å²) < 4.78 is 16.6. The number of likely N-dealkylation sites (tertiary alicyclic amines) is 1. The molecule has 0 saturated carbocycles. The Morgan fingerprint density at radius 1 is 1.30 bits per heavy atom. The van der Waals surface area contributed by atoms with E-state index in [4.69, 9.17) is 19.6 Å². The van der Waals surface area contributed by atoms with Gasteiger partial charge in [-0.15, -0.1) is 0 Å². The van der Waals surface area contributed by atoms with Gasteiger partial charge in [-0.3, -0.25) is 4.90 Å². The molecule has 1 aromatic heterocycles. The molecular weight excluding hydrogens is 258 g/mol. The van der Waals surface area contributed by atoms with Crippen LogP contribution in [0.2, 0.25) is 0 Å². The van der Waals surface area contributed by atoms with Crippen molar-refractivity contribution in [1.29, 1.82) is 0 Å². The molecule has 108 valence electrons. The number of anilines is 1. The van der Waals surface area contributed by atoms with Gasteiger partial charge in [0.2, 0.25) is 5.89 Å². The van der Waals surface area contributed by atoms with Gasteiger partial charge in [-0.05, 0) is 12.1 Å². The molecule has 6 heteroatoms. The summed E-state index contributed by atoms with van der Waals surface area (Å²) in [4.78, 5) is 6.69. The number of oxazole rings is 1. The first-order valence-corrected chi connectivity index (χ1v) is 6.62. The molecule has 1 aromatic carbocycles. The third-order valence-electron chi connectivity index (χ3n) is 3.71. The fourth-order valence-electron chi connectivity index (χ4n) is 2.65. The van der Waals surface area contributed by atoms with E-state index in [1.165, 1.54) is 0 Å². The fourth-order valence-corrected chi connectivity index (χ4v) is 2.65. The molecule has 3 rings (SSSR count). The van der Waals surface area contributed by atoms with Crippen LogP contribution in [0.1, 0.15) is 5.89 Å². The molecule has 1 saturated heterocycles. The summed E-state index contributed by atoms with van der Waals surface area (Å²) in [6.45, 7) is 2.28. The van der Waals surface area contributed by atoms with E-state index in [1.54, 1.807) is 20.3 Å². The summed E-state index contributed by atoms with van der Waals surface area (Å²) in [5.41, 5.74) is 7.98. The number of nitrogen functional groups attached to an aromatic ring is 1. The second-order valence-electron chi connectivity index (χ2n) is 5.08. The first-order valence-electron chi connectivity index (χ1n) is 6.62. The highest BCUT2D eigenvalue weighted by Crippen LogP contribution is 2.22. The fraction of sp³-hybridized carbons (Fsp3) is 0.500. The average molecular weight is 277 g/mol. The Bertz CT molecular complexity index is 586. The Morgan fingerprint density at radius 3 is 2.65 bits per heavy atom. The van der Waals surface area contributed by atoms with E-state index in [0.717, 1.165) is 24.2 Å². The van der Waals surface area contributed by atoms with Gasteiger partial charge < -0.3 is 19.6 Å². The van der Waals surface area contributed by atoms with Gasteiger partial charge in [-0.25, -0.2) is 4.98 Å². The van der Waals surface area contributed by atoms with Crippen LogP contribution in [0, 0.1) is 0 Å². The normalized spacial score (nSPS) is 23.7. The summed E-state index contributed by atoms with van der Waals surface area (Å²) in [5.74, 6) is 0.692. The van der Waals surface area contributed by atoms with Crippen molar-refractivity contribution in [2.24, 2.45) is 0 Å². The molecule has 2 N–H and O–H groups in total. The van der Waals surface area contributed by atoms with Crippen molar-refractivity contribution < 1.29 is 13.9 Å². The van der Waals surface area contributed by atoms with Crippen molar-refractivity contribution >= 4 is 16.8 Å². The zero-order valence-corrected chi connectivity index (χ0v) is 11.7. The smallest absolute Gasteiger partial charge is 0.209 e. The third-order valence-corrected chi connectivity index (χ3v) is 3.71. The molecule has 2 aromatic rings. The third kappa shape index (κ3) is 2.49. The Labute approximate surface area is 117 Å². The number of hydrogen-bond donors (Lipinski definition) is 1. The van der Waals surface area contributed by atoms with Crippen LogP contribution in [0.4, 0.5) is 5.69 Å². The lowest BCUT2D eigenvalue weighted by molar-refractivity contribution is -0.00461. The van der Waals surface area contributed by atoms with E-state index in [-0.39, 0.29) is 12.2 Å². The summed E-state index contributed by atoms with van der Waals surface area (Å²) in [7, 11) is 3.42. The van der Waals surface area contributed by atoms with Crippen LogP contribution in [-0.2, 0) is 16.0 Å². The number of ether oxygens (including phenoxy) is 2. The van der Waals surface area contributed by atoms with E-state index < -0.39 is 0 Å². The Balaban J connectivity index is 1.73. The van der Waals surface area contributed by atoms with Gasteiger partial charge in [0.15, 0.2) is 5.58 Å². The first kappa shape index (κ1) is 13.4. The zero-order valence-electron chi connectivity index (χ0n) is 11.7. The molecule has 0 aliphatic carbocycles. The maximum Gasteiger partial charge on any atom is 0.209 e. The molecule has 2 unspecified atom stereocenters. The second kappa shape index (κ2) is 5.40. The van der Waals surface area contributed by atoms with Gasteiger partial charge in [0.05, 0.1) is 18.8 Å². The number of aromatic nitrogens is 1. The lowest BCUT2D eigenvalue weighted by atomic mass is 10.3. The number of hydrogen-bond acceptors (Lipinski definition) is 6. The maximum atomic E-state index is 5.74. The van der Waals surface area contributed by atoms with E-state index in [2.05, 4.69) is 9.88 Å². The monoisotopic (exact) mass is 277 g/mol. The molecular formula is C14H19N3O3. The molecule has 2 atom stereocenters. The van der Waals surface area contributed by atoms with Crippen LogP contribution in [0.25, 0.3) is 11.1 Å². The molecule has 20 heavy (non-hydrogen) atoms. The van der Waals surface area contributed by atoms with Crippen LogP contribution >= 0.6 is 0 Å². The van der Waals surface area contributed by atoms with Gasteiger partial charge in [0, 0.05) is 39.1 Å². The standard InChI is InChI=1S/C14H19N3O3/c1-18-12-6-17(7-13(12)19-2)8-14-16-10-4-3-9(15)5-11(10)20-14/h3-5,12-13H,6-8,15H2,1-2H3. The van der Waals surface area contributed by atoms with Crippen molar-refractivity contribution in [3.05, 3.63) is 24.1 Å². The van der Waals surface area contributed by atoms with Crippen LogP contribution in [0.15, 0.2) is 22.6 Å². The summed E-state index contributed by atoms with van der Waals surface area (Å²) in [5, 5.41) is 0. The predicted octanol–water partition coefficient (Wildman–Crippen LogP) is 1.26. The minimum absolute atomic E-state index is 0.0972. The number of nitrogens with two attached hydrogens (primary N) is 1. The number of fused-ring (bicyclic) bond motifs is 1. The molecule has 2 heterocycles.